The van der Waals surface area contributed by atoms with Gasteiger partial charge in [-0.05, 0) is 0 Å². The Morgan fingerprint density at radius 2 is 1.88 bits per heavy atom. The molecule has 0 aromatic heterocycles. The van der Waals surface area contributed by atoms with Crippen LogP contribution in [0.25, 0.3) is 0 Å². The summed E-state index contributed by atoms with van der Waals surface area (Å²) in [5.41, 5.74) is 0. The van der Waals surface area contributed by atoms with Crippen molar-refractivity contribution in [3.63, 3.8) is 0 Å². The minimum absolute atomic E-state index is 0.124. The summed E-state index contributed by atoms with van der Waals surface area (Å²) in [6.45, 7) is 2.59. The first kappa shape index (κ1) is 11.6. The Hall–Kier alpha value is -0.890. The van der Waals surface area contributed by atoms with Crippen LogP contribution in [-0.2, 0) is 20.5 Å². The molecular formula is C10H11IO5. The van der Waals surface area contributed by atoms with E-state index in [0.717, 1.165) is 0 Å². The van der Waals surface area contributed by atoms with E-state index in [1.54, 1.807) is 12.2 Å². The van der Waals surface area contributed by atoms with Crippen LogP contribution in [0.15, 0.2) is 24.3 Å². The van der Waals surface area contributed by atoms with Crippen molar-refractivity contribution in [1.29, 1.82) is 0 Å². The number of epoxide rings is 1. The van der Waals surface area contributed by atoms with Crippen LogP contribution in [0, 0.1) is 0 Å². The molecule has 2 unspecified atom stereocenters. The molecule has 1 saturated heterocycles. The molecule has 6 heteroatoms. The summed E-state index contributed by atoms with van der Waals surface area (Å²) >= 11 is -2.72. The van der Waals surface area contributed by atoms with Crippen molar-refractivity contribution < 1.29 is 20.5 Å². The maximum absolute atomic E-state index is 11.0. The number of halogens is 1. The summed E-state index contributed by atoms with van der Waals surface area (Å²) in [7, 11) is 0. The Balaban J connectivity index is 2.13. The van der Waals surface area contributed by atoms with Crippen molar-refractivity contribution in [3.05, 3.63) is 24.3 Å². The van der Waals surface area contributed by atoms with Gasteiger partial charge in [-0.2, -0.15) is 0 Å². The van der Waals surface area contributed by atoms with E-state index < -0.39 is 36.2 Å². The van der Waals surface area contributed by atoms with Crippen molar-refractivity contribution in [2.45, 2.75) is 23.6 Å². The summed E-state index contributed by atoms with van der Waals surface area (Å²) in [4.78, 5) is 21.9. The molecule has 0 amide bonds. The fourth-order valence-electron chi connectivity index (χ4n) is 1.33. The van der Waals surface area contributed by atoms with E-state index in [0.29, 0.717) is 0 Å². The number of hydrogen-bond acceptors (Lipinski definition) is 5. The molecule has 0 N–H and O–H groups in total. The number of allylic oxidation sites excluding steroid dienone is 2. The summed E-state index contributed by atoms with van der Waals surface area (Å²) in [6.07, 6.45) is 7.19. The second kappa shape index (κ2) is 4.17. The van der Waals surface area contributed by atoms with E-state index in [1.807, 2.05) is 12.2 Å². The Labute approximate surface area is 101 Å². The minimum atomic E-state index is -2.72. The van der Waals surface area contributed by atoms with Gasteiger partial charge in [-0.3, -0.25) is 0 Å². The first-order valence-corrected chi connectivity index (χ1v) is 7.50. The van der Waals surface area contributed by atoms with E-state index in [-0.39, 0.29) is 6.10 Å². The molecular weight excluding hydrogens is 327 g/mol. The van der Waals surface area contributed by atoms with Crippen LogP contribution < -0.4 is 0 Å². The zero-order valence-electron chi connectivity index (χ0n) is 8.81. The Morgan fingerprint density at radius 1 is 1.25 bits per heavy atom. The van der Waals surface area contributed by atoms with Crippen LogP contribution in [0.2, 0.25) is 0 Å². The van der Waals surface area contributed by atoms with Crippen LogP contribution in [0.4, 0.5) is 0 Å². The van der Waals surface area contributed by atoms with Gasteiger partial charge in [-0.15, -0.1) is 0 Å². The number of carbonyl (C=O) groups is 2. The monoisotopic (exact) mass is 338 g/mol. The van der Waals surface area contributed by atoms with Gasteiger partial charge in [0.1, 0.15) is 0 Å². The third-order valence-electron chi connectivity index (χ3n) is 1.96. The fraction of sp³-hybridized carbons (Fsp3) is 0.400. The first-order chi connectivity index (χ1) is 7.54. The molecule has 1 heterocycles. The summed E-state index contributed by atoms with van der Waals surface area (Å²) < 4.78 is 15.0. The van der Waals surface area contributed by atoms with Crippen molar-refractivity contribution in [3.8, 4) is 0 Å². The molecule has 0 radical (unpaired) electrons. The SMILES string of the molecule is CC(=O)OI(OC(C)=O)C12C=CC=CC1O2. The number of hydrogen-bond donors (Lipinski definition) is 0. The number of rotatable bonds is 3. The van der Waals surface area contributed by atoms with Crippen molar-refractivity contribution in [2.75, 3.05) is 0 Å². The van der Waals surface area contributed by atoms with Crippen molar-refractivity contribution >= 4 is 32.6 Å². The molecule has 2 atom stereocenters. The van der Waals surface area contributed by atoms with Gasteiger partial charge in [0.25, 0.3) is 0 Å². The van der Waals surface area contributed by atoms with Gasteiger partial charge in [0, 0.05) is 0 Å². The zero-order chi connectivity index (χ0) is 11.8. The van der Waals surface area contributed by atoms with Gasteiger partial charge in [0.2, 0.25) is 0 Å². The fourth-order valence-corrected chi connectivity index (χ4v) is 4.92. The average Bonchev–Trinajstić information content (AvgIpc) is 2.90. The molecule has 1 fully saturated rings. The average molecular weight is 338 g/mol. The van der Waals surface area contributed by atoms with Gasteiger partial charge >= 0.3 is 101 Å². The molecule has 0 aromatic rings. The Kier molecular flexibility index (Phi) is 3.02. The van der Waals surface area contributed by atoms with Crippen LogP contribution in [-0.4, -0.2) is 21.7 Å². The van der Waals surface area contributed by atoms with Crippen LogP contribution >= 0.6 is 20.6 Å². The molecule has 0 bridgehead atoms. The summed E-state index contributed by atoms with van der Waals surface area (Å²) in [5.74, 6) is -0.893. The first-order valence-electron chi connectivity index (χ1n) is 4.66. The quantitative estimate of drug-likeness (QED) is 0.445. The van der Waals surface area contributed by atoms with E-state index in [1.165, 1.54) is 13.8 Å². The van der Waals surface area contributed by atoms with Gasteiger partial charge in [0.15, 0.2) is 0 Å². The number of alkyl halides is 1. The second-order valence-electron chi connectivity index (χ2n) is 3.33. The maximum atomic E-state index is 11.0. The molecule has 1 aliphatic carbocycles. The van der Waals surface area contributed by atoms with E-state index in [2.05, 4.69) is 0 Å². The molecule has 0 aromatic carbocycles. The topological polar surface area (TPSA) is 65.1 Å². The van der Waals surface area contributed by atoms with Gasteiger partial charge in [-0.1, -0.05) is 0 Å². The molecule has 1 aliphatic heterocycles. The Morgan fingerprint density at radius 3 is 2.38 bits per heavy atom. The van der Waals surface area contributed by atoms with Gasteiger partial charge < -0.3 is 0 Å². The molecule has 0 saturated carbocycles. The van der Waals surface area contributed by atoms with Crippen molar-refractivity contribution in [1.82, 2.24) is 0 Å². The van der Waals surface area contributed by atoms with Crippen LogP contribution in [0.5, 0.6) is 0 Å². The number of carbonyl (C=O) groups excluding carboxylic acids is 2. The van der Waals surface area contributed by atoms with Crippen LogP contribution in [0.1, 0.15) is 13.8 Å². The molecule has 16 heavy (non-hydrogen) atoms. The Bertz CT molecular complexity index is 373. The standard InChI is InChI=1S/C10H11IO5/c1-7(12)15-11(16-8(2)13)10-6-4-3-5-9(10)14-10/h3-6,9H,1-2H3. The summed E-state index contributed by atoms with van der Waals surface area (Å²) in [6, 6.07) is 0. The molecule has 5 nitrogen and oxygen atoms in total. The predicted molar refractivity (Wildman–Crippen MR) is 63.4 cm³/mol. The third kappa shape index (κ3) is 2.12. The zero-order valence-corrected chi connectivity index (χ0v) is 11.0. The molecule has 0 spiro atoms. The van der Waals surface area contributed by atoms with E-state index in [4.69, 9.17) is 10.9 Å². The molecule has 2 aliphatic rings. The second-order valence-corrected chi connectivity index (χ2v) is 7.14. The predicted octanol–water partition coefficient (Wildman–Crippen LogP) is 1.67. The summed E-state index contributed by atoms with van der Waals surface area (Å²) in [5, 5.41) is 0. The normalized spacial score (nSPS) is 30.4. The van der Waals surface area contributed by atoms with E-state index in [9.17, 15) is 9.59 Å². The van der Waals surface area contributed by atoms with Gasteiger partial charge in [-0.25, -0.2) is 0 Å². The van der Waals surface area contributed by atoms with Crippen LogP contribution in [0.3, 0.4) is 0 Å². The molecule has 2 rings (SSSR count). The third-order valence-corrected chi connectivity index (χ3v) is 6.60. The molecule has 88 valence electrons. The van der Waals surface area contributed by atoms with E-state index >= 15 is 0 Å². The number of ether oxygens (including phenoxy) is 1. The van der Waals surface area contributed by atoms with Gasteiger partial charge in [0.05, 0.1) is 0 Å². The number of fused-ring (bicyclic) bond motifs is 1. The van der Waals surface area contributed by atoms with Crippen molar-refractivity contribution in [2.24, 2.45) is 0 Å².